The molecule has 1 aromatic rings. The molecule has 1 amide bonds. The predicted octanol–water partition coefficient (Wildman–Crippen LogP) is 3.02. The lowest BCUT2D eigenvalue weighted by molar-refractivity contribution is -0.133. The molecule has 1 rings (SSSR count). The van der Waals surface area contributed by atoms with Gasteiger partial charge in [0, 0.05) is 13.1 Å². The van der Waals surface area contributed by atoms with Crippen LogP contribution in [0.15, 0.2) is 24.3 Å². The second kappa shape index (κ2) is 7.75. The fourth-order valence-electron chi connectivity index (χ4n) is 1.76. The van der Waals surface area contributed by atoms with Crippen LogP contribution in [0.4, 0.5) is 0 Å². The van der Waals surface area contributed by atoms with Gasteiger partial charge >= 0.3 is 0 Å². The van der Waals surface area contributed by atoms with Crippen LogP contribution < -0.4 is 4.74 Å². The average molecular weight is 249 g/mol. The highest BCUT2D eigenvalue weighted by atomic mass is 16.5. The van der Waals surface area contributed by atoms with E-state index in [2.05, 4.69) is 6.92 Å². The van der Waals surface area contributed by atoms with Crippen molar-refractivity contribution >= 4 is 5.91 Å². The smallest absolute Gasteiger partial charge is 0.260 e. The van der Waals surface area contributed by atoms with Crippen LogP contribution in [-0.2, 0) is 4.79 Å². The van der Waals surface area contributed by atoms with Crippen molar-refractivity contribution in [1.29, 1.82) is 0 Å². The number of hydrogen-bond donors (Lipinski definition) is 0. The van der Waals surface area contributed by atoms with Crippen molar-refractivity contribution in [2.24, 2.45) is 0 Å². The SMILES string of the molecule is CCCCN(CC)C(=O)COc1ccccc1C. The van der Waals surface area contributed by atoms with Gasteiger partial charge in [-0.15, -0.1) is 0 Å². The summed E-state index contributed by atoms with van der Waals surface area (Å²) in [6.07, 6.45) is 2.15. The Labute approximate surface area is 110 Å². The Morgan fingerprint density at radius 1 is 1.28 bits per heavy atom. The van der Waals surface area contributed by atoms with Crippen LogP contribution in [0, 0.1) is 6.92 Å². The third-order valence-corrected chi connectivity index (χ3v) is 2.96. The number of amides is 1. The van der Waals surface area contributed by atoms with E-state index in [4.69, 9.17) is 4.74 Å². The number of likely N-dealkylation sites (N-methyl/N-ethyl adjacent to an activating group) is 1. The first-order valence-corrected chi connectivity index (χ1v) is 6.65. The van der Waals surface area contributed by atoms with E-state index in [0.29, 0.717) is 0 Å². The zero-order valence-corrected chi connectivity index (χ0v) is 11.6. The molecule has 3 heteroatoms. The van der Waals surface area contributed by atoms with Gasteiger partial charge in [0.15, 0.2) is 6.61 Å². The summed E-state index contributed by atoms with van der Waals surface area (Å²) >= 11 is 0. The molecule has 0 bridgehead atoms. The fraction of sp³-hybridized carbons (Fsp3) is 0.533. The molecule has 0 aliphatic heterocycles. The van der Waals surface area contributed by atoms with Crippen LogP contribution in [0.3, 0.4) is 0 Å². The van der Waals surface area contributed by atoms with Gasteiger partial charge in [-0.25, -0.2) is 0 Å². The number of aryl methyl sites for hydroxylation is 1. The number of benzene rings is 1. The van der Waals surface area contributed by atoms with Crippen LogP contribution >= 0.6 is 0 Å². The number of para-hydroxylation sites is 1. The van der Waals surface area contributed by atoms with Gasteiger partial charge < -0.3 is 9.64 Å². The molecule has 0 radical (unpaired) electrons. The maximum absolute atomic E-state index is 12.0. The topological polar surface area (TPSA) is 29.5 Å². The molecule has 0 saturated heterocycles. The molecule has 100 valence electrons. The minimum Gasteiger partial charge on any atom is -0.484 e. The summed E-state index contributed by atoms with van der Waals surface area (Å²) in [5, 5.41) is 0. The quantitative estimate of drug-likeness (QED) is 0.743. The molecule has 0 saturated carbocycles. The van der Waals surface area contributed by atoms with Gasteiger partial charge in [-0.3, -0.25) is 4.79 Å². The van der Waals surface area contributed by atoms with Crippen molar-refractivity contribution in [2.75, 3.05) is 19.7 Å². The summed E-state index contributed by atoms with van der Waals surface area (Å²) < 4.78 is 5.57. The van der Waals surface area contributed by atoms with Crippen LogP contribution in [0.5, 0.6) is 5.75 Å². The van der Waals surface area contributed by atoms with Gasteiger partial charge in [0.1, 0.15) is 5.75 Å². The number of ether oxygens (including phenoxy) is 1. The van der Waals surface area contributed by atoms with Gasteiger partial charge in [0.05, 0.1) is 0 Å². The van der Waals surface area contributed by atoms with E-state index in [-0.39, 0.29) is 12.5 Å². The third-order valence-electron chi connectivity index (χ3n) is 2.96. The largest absolute Gasteiger partial charge is 0.484 e. The van der Waals surface area contributed by atoms with Gasteiger partial charge in [0.25, 0.3) is 5.91 Å². The van der Waals surface area contributed by atoms with E-state index in [1.807, 2.05) is 43.0 Å². The van der Waals surface area contributed by atoms with Crippen molar-refractivity contribution in [3.8, 4) is 5.75 Å². The molecule has 0 aliphatic rings. The van der Waals surface area contributed by atoms with Crippen LogP contribution in [0.1, 0.15) is 32.3 Å². The molecule has 0 N–H and O–H groups in total. The second-order valence-electron chi connectivity index (χ2n) is 4.38. The first-order chi connectivity index (χ1) is 8.69. The molecule has 1 aromatic carbocycles. The maximum atomic E-state index is 12.0. The molecular formula is C15H23NO2. The van der Waals surface area contributed by atoms with E-state index >= 15 is 0 Å². The monoisotopic (exact) mass is 249 g/mol. The van der Waals surface area contributed by atoms with Crippen molar-refractivity contribution in [3.05, 3.63) is 29.8 Å². The zero-order valence-electron chi connectivity index (χ0n) is 11.6. The van der Waals surface area contributed by atoms with E-state index in [0.717, 1.165) is 37.2 Å². The number of unbranched alkanes of at least 4 members (excludes halogenated alkanes) is 1. The summed E-state index contributed by atoms with van der Waals surface area (Å²) in [6, 6.07) is 7.75. The number of rotatable bonds is 7. The highest BCUT2D eigenvalue weighted by Crippen LogP contribution is 2.16. The Bertz CT molecular complexity index is 377. The molecule has 0 aromatic heterocycles. The van der Waals surface area contributed by atoms with E-state index in [1.54, 1.807) is 0 Å². The summed E-state index contributed by atoms with van der Waals surface area (Å²) in [5.74, 6) is 0.853. The maximum Gasteiger partial charge on any atom is 0.260 e. The number of hydrogen-bond acceptors (Lipinski definition) is 2. The lowest BCUT2D eigenvalue weighted by atomic mass is 10.2. The van der Waals surface area contributed by atoms with Gasteiger partial charge in [-0.1, -0.05) is 31.5 Å². The molecular weight excluding hydrogens is 226 g/mol. The Balaban J connectivity index is 2.47. The standard InChI is InChI=1S/C15H23NO2/c1-4-6-11-16(5-2)15(17)12-18-14-10-8-7-9-13(14)3/h7-10H,4-6,11-12H2,1-3H3. The molecule has 3 nitrogen and oxygen atoms in total. The molecule has 0 unspecified atom stereocenters. The molecule has 0 fully saturated rings. The highest BCUT2D eigenvalue weighted by Gasteiger charge is 2.11. The minimum atomic E-state index is 0.0641. The Hall–Kier alpha value is -1.51. The van der Waals surface area contributed by atoms with E-state index in [1.165, 1.54) is 0 Å². The molecule has 18 heavy (non-hydrogen) atoms. The highest BCUT2D eigenvalue weighted by molar-refractivity contribution is 5.77. The Morgan fingerprint density at radius 2 is 2.00 bits per heavy atom. The van der Waals surface area contributed by atoms with Gasteiger partial charge in [-0.05, 0) is 31.9 Å². The third kappa shape index (κ3) is 4.40. The Morgan fingerprint density at radius 3 is 2.61 bits per heavy atom. The van der Waals surface area contributed by atoms with Crippen molar-refractivity contribution in [2.45, 2.75) is 33.6 Å². The second-order valence-corrected chi connectivity index (χ2v) is 4.38. The van der Waals surface area contributed by atoms with Crippen LogP contribution in [-0.4, -0.2) is 30.5 Å². The van der Waals surface area contributed by atoms with Gasteiger partial charge in [0.2, 0.25) is 0 Å². The number of carbonyl (C=O) groups excluding carboxylic acids is 1. The molecule has 0 heterocycles. The fourth-order valence-corrected chi connectivity index (χ4v) is 1.76. The van der Waals surface area contributed by atoms with Crippen LogP contribution in [0.25, 0.3) is 0 Å². The number of nitrogens with zero attached hydrogens (tertiary/aromatic N) is 1. The lowest BCUT2D eigenvalue weighted by Crippen LogP contribution is -2.35. The summed E-state index contributed by atoms with van der Waals surface area (Å²) in [4.78, 5) is 13.8. The first-order valence-electron chi connectivity index (χ1n) is 6.65. The van der Waals surface area contributed by atoms with Crippen molar-refractivity contribution in [1.82, 2.24) is 4.90 Å². The van der Waals surface area contributed by atoms with E-state index < -0.39 is 0 Å². The summed E-state index contributed by atoms with van der Waals surface area (Å²) in [5.41, 5.74) is 1.06. The summed E-state index contributed by atoms with van der Waals surface area (Å²) in [6.45, 7) is 7.80. The molecule has 0 atom stereocenters. The van der Waals surface area contributed by atoms with Gasteiger partial charge in [-0.2, -0.15) is 0 Å². The predicted molar refractivity (Wildman–Crippen MR) is 73.8 cm³/mol. The van der Waals surface area contributed by atoms with Crippen molar-refractivity contribution in [3.63, 3.8) is 0 Å². The normalized spacial score (nSPS) is 10.2. The lowest BCUT2D eigenvalue weighted by Gasteiger charge is -2.20. The molecule has 0 aliphatic carbocycles. The van der Waals surface area contributed by atoms with Crippen LogP contribution in [0.2, 0.25) is 0 Å². The van der Waals surface area contributed by atoms with E-state index in [9.17, 15) is 4.79 Å². The Kier molecular flexibility index (Phi) is 6.26. The first kappa shape index (κ1) is 14.6. The zero-order chi connectivity index (χ0) is 13.4. The summed E-state index contributed by atoms with van der Waals surface area (Å²) in [7, 11) is 0. The minimum absolute atomic E-state index is 0.0641. The average Bonchev–Trinajstić information content (AvgIpc) is 2.38. The number of carbonyl (C=O) groups is 1. The molecule has 0 spiro atoms. The van der Waals surface area contributed by atoms with Crippen molar-refractivity contribution < 1.29 is 9.53 Å².